The lowest BCUT2D eigenvalue weighted by Gasteiger charge is -2.13. The van der Waals surface area contributed by atoms with Crippen LogP contribution in [0.25, 0.3) is 11.1 Å². The van der Waals surface area contributed by atoms with Gasteiger partial charge < -0.3 is 0 Å². The highest BCUT2D eigenvalue weighted by molar-refractivity contribution is 5.77. The minimum atomic E-state index is 0.649. The van der Waals surface area contributed by atoms with Crippen molar-refractivity contribution in [1.29, 1.82) is 0 Å². The van der Waals surface area contributed by atoms with Crippen LogP contribution in [0, 0.1) is 5.92 Å². The van der Waals surface area contributed by atoms with Crippen LogP contribution in [0.2, 0.25) is 0 Å². The van der Waals surface area contributed by atoms with Crippen molar-refractivity contribution in [3.05, 3.63) is 48.6 Å². The number of hydrogen-bond donors (Lipinski definition) is 0. The summed E-state index contributed by atoms with van der Waals surface area (Å²) in [7, 11) is 0. The number of rotatable bonds is 4. The molecule has 0 heterocycles. The predicted molar refractivity (Wildman–Crippen MR) is 69.6 cm³/mol. The topological polar surface area (TPSA) is 0 Å². The summed E-state index contributed by atoms with van der Waals surface area (Å²) < 4.78 is 0. The summed E-state index contributed by atoms with van der Waals surface area (Å²) in [5, 5.41) is 0. The average Bonchev–Trinajstić information content (AvgIpc) is 2.16. The SMILES string of the molecule is C=C(C)c1ccccc1C(=C)CC(C)C. The zero-order valence-electron chi connectivity index (χ0n) is 10.0. The van der Waals surface area contributed by atoms with E-state index in [0.29, 0.717) is 5.92 Å². The second-order valence-corrected chi connectivity index (χ2v) is 4.53. The van der Waals surface area contributed by atoms with E-state index in [1.165, 1.54) is 16.7 Å². The molecule has 0 aromatic heterocycles. The normalized spacial score (nSPS) is 10.4. The molecule has 80 valence electrons. The summed E-state index contributed by atoms with van der Waals surface area (Å²) in [5.74, 6) is 0.649. The Bertz CT molecular complexity index is 369. The van der Waals surface area contributed by atoms with E-state index >= 15 is 0 Å². The third kappa shape index (κ3) is 3.09. The third-order valence-electron chi connectivity index (χ3n) is 2.42. The van der Waals surface area contributed by atoms with E-state index in [0.717, 1.165) is 12.0 Å². The second kappa shape index (κ2) is 4.97. The van der Waals surface area contributed by atoms with Crippen molar-refractivity contribution in [2.75, 3.05) is 0 Å². The fraction of sp³-hybridized carbons (Fsp3) is 0.333. The van der Waals surface area contributed by atoms with E-state index in [-0.39, 0.29) is 0 Å². The highest BCUT2D eigenvalue weighted by Crippen LogP contribution is 2.27. The van der Waals surface area contributed by atoms with Crippen LogP contribution in [-0.4, -0.2) is 0 Å². The van der Waals surface area contributed by atoms with Gasteiger partial charge in [-0.3, -0.25) is 0 Å². The molecule has 1 rings (SSSR count). The highest BCUT2D eigenvalue weighted by atomic mass is 14.1. The molecule has 1 aromatic rings. The molecule has 0 saturated carbocycles. The van der Waals surface area contributed by atoms with Crippen LogP contribution < -0.4 is 0 Å². The van der Waals surface area contributed by atoms with Crippen molar-refractivity contribution < 1.29 is 0 Å². The Morgan fingerprint density at radius 2 is 1.67 bits per heavy atom. The zero-order valence-corrected chi connectivity index (χ0v) is 10.0. The first-order chi connectivity index (χ1) is 7.02. The Morgan fingerprint density at radius 3 is 2.13 bits per heavy atom. The highest BCUT2D eigenvalue weighted by Gasteiger charge is 2.07. The molecule has 0 radical (unpaired) electrons. The van der Waals surface area contributed by atoms with Crippen LogP contribution in [0.3, 0.4) is 0 Å². The molecule has 0 aliphatic heterocycles. The van der Waals surface area contributed by atoms with Crippen LogP contribution >= 0.6 is 0 Å². The van der Waals surface area contributed by atoms with Crippen molar-refractivity contribution in [2.24, 2.45) is 5.92 Å². The zero-order chi connectivity index (χ0) is 11.4. The molecule has 15 heavy (non-hydrogen) atoms. The first-order valence-electron chi connectivity index (χ1n) is 5.45. The lowest BCUT2D eigenvalue weighted by Crippen LogP contribution is -1.94. The van der Waals surface area contributed by atoms with E-state index in [1.54, 1.807) is 0 Å². The molecule has 0 nitrogen and oxygen atoms in total. The van der Waals surface area contributed by atoms with Crippen LogP contribution in [0.1, 0.15) is 38.3 Å². The Hall–Kier alpha value is -1.30. The van der Waals surface area contributed by atoms with Gasteiger partial charge in [0.15, 0.2) is 0 Å². The molecule has 0 unspecified atom stereocenters. The van der Waals surface area contributed by atoms with Gasteiger partial charge in [-0.2, -0.15) is 0 Å². The van der Waals surface area contributed by atoms with Gasteiger partial charge in [0.1, 0.15) is 0 Å². The number of hydrogen-bond acceptors (Lipinski definition) is 0. The molecule has 0 aliphatic carbocycles. The van der Waals surface area contributed by atoms with Gasteiger partial charge in [-0.05, 0) is 36.0 Å². The lowest BCUT2D eigenvalue weighted by atomic mass is 9.92. The Labute approximate surface area is 93.3 Å². The monoisotopic (exact) mass is 200 g/mol. The Balaban J connectivity index is 3.03. The number of benzene rings is 1. The third-order valence-corrected chi connectivity index (χ3v) is 2.42. The van der Waals surface area contributed by atoms with Gasteiger partial charge in [0.2, 0.25) is 0 Å². The van der Waals surface area contributed by atoms with Crippen molar-refractivity contribution in [1.82, 2.24) is 0 Å². The van der Waals surface area contributed by atoms with Gasteiger partial charge >= 0.3 is 0 Å². The second-order valence-electron chi connectivity index (χ2n) is 4.53. The molecule has 0 fully saturated rings. The van der Waals surface area contributed by atoms with Gasteiger partial charge in [0.05, 0.1) is 0 Å². The van der Waals surface area contributed by atoms with Crippen LogP contribution in [0.15, 0.2) is 37.4 Å². The molecule has 0 spiro atoms. The van der Waals surface area contributed by atoms with Crippen LogP contribution in [-0.2, 0) is 0 Å². The molecule has 0 aliphatic rings. The van der Waals surface area contributed by atoms with Crippen molar-refractivity contribution in [3.63, 3.8) is 0 Å². The smallest absolute Gasteiger partial charge is 0.0155 e. The summed E-state index contributed by atoms with van der Waals surface area (Å²) >= 11 is 0. The molecule has 0 saturated heterocycles. The first kappa shape index (κ1) is 11.8. The van der Waals surface area contributed by atoms with E-state index in [1.807, 2.05) is 6.92 Å². The van der Waals surface area contributed by atoms with E-state index < -0.39 is 0 Å². The first-order valence-corrected chi connectivity index (χ1v) is 5.45. The van der Waals surface area contributed by atoms with E-state index in [2.05, 4.69) is 51.3 Å². The van der Waals surface area contributed by atoms with Gasteiger partial charge in [0.25, 0.3) is 0 Å². The molecule has 0 bridgehead atoms. The average molecular weight is 200 g/mol. The van der Waals surface area contributed by atoms with E-state index in [9.17, 15) is 0 Å². The molecular formula is C15H20. The van der Waals surface area contributed by atoms with Gasteiger partial charge in [-0.1, -0.05) is 56.8 Å². The summed E-state index contributed by atoms with van der Waals surface area (Å²) in [5.41, 5.74) is 4.79. The quantitative estimate of drug-likeness (QED) is 0.656. The Kier molecular flexibility index (Phi) is 3.90. The van der Waals surface area contributed by atoms with Crippen molar-refractivity contribution in [2.45, 2.75) is 27.2 Å². The fourth-order valence-electron chi connectivity index (χ4n) is 1.77. The maximum atomic E-state index is 4.17. The molecule has 0 heteroatoms. The fourth-order valence-corrected chi connectivity index (χ4v) is 1.77. The van der Waals surface area contributed by atoms with Gasteiger partial charge in [0, 0.05) is 0 Å². The summed E-state index contributed by atoms with van der Waals surface area (Å²) in [6.45, 7) is 14.7. The van der Waals surface area contributed by atoms with Crippen molar-refractivity contribution in [3.8, 4) is 0 Å². The molecular weight excluding hydrogens is 180 g/mol. The number of allylic oxidation sites excluding steroid dienone is 2. The maximum Gasteiger partial charge on any atom is -0.0155 e. The molecule has 0 atom stereocenters. The Morgan fingerprint density at radius 1 is 1.13 bits per heavy atom. The molecule has 0 N–H and O–H groups in total. The standard InChI is InChI=1S/C15H20/c1-11(2)10-13(5)15-9-7-6-8-14(15)12(3)4/h6-9,11H,3,5,10H2,1-2,4H3. The minimum absolute atomic E-state index is 0.649. The van der Waals surface area contributed by atoms with Crippen LogP contribution in [0.5, 0.6) is 0 Å². The summed E-state index contributed by atoms with van der Waals surface area (Å²) in [4.78, 5) is 0. The van der Waals surface area contributed by atoms with Crippen LogP contribution in [0.4, 0.5) is 0 Å². The van der Waals surface area contributed by atoms with Gasteiger partial charge in [-0.25, -0.2) is 0 Å². The van der Waals surface area contributed by atoms with Gasteiger partial charge in [-0.15, -0.1) is 0 Å². The molecule has 0 amide bonds. The maximum absolute atomic E-state index is 4.17. The molecule has 1 aromatic carbocycles. The minimum Gasteiger partial charge on any atom is -0.0955 e. The van der Waals surface area contributed by atoms with E-state index in [4.69, 9.17) is 0 Å². The summed E-state index contributed by atoms with van der Waals surface area (Å²) in [6.07, 6.45) is 1.05. The predicted octanol–water partition coefficient (Wildman–Crippen LogP) is 4.78. The van der Waals surface area contributed by atoms with Crippen molar-refractivity contribution >= 4 is 11.1 Å². The largest absolute Gasteiger partial charge is 0.0955 e. The lowest BCUT2D eigenvalue weighted by molar-refractivity contribution is 0.674. The summed E-state index contributed by atoms with van der Waals surface area (Å²) in [6, 6.07) is 8.36.